The fraction of sp³-hybridized carbons (Fsp3) is 0.278. The summed E-state index contributed by atoms with van der Waals surface area (Å²) in [4.78, 5) is 34.0. The summed E-state index contributed by atoms with van der Waals surface area (Å²) >= 11 is 1.37. The molecule has 7 nitrogen and oxygen atoms in total. The molecule has 0 bridgehead atoms. The van der Waals surface area contributed by atoms with Crippen molar-refractivity contribution in [1.82, 2.24) is 14.3 Å². The van der Waals surface area contributed by atoms with Gasteiger partial charge in [0.1, 0.15) is 11.3 Å². The molecule has 2 aromatic heterocycles. The van der Waals surface area contributed by atoms with Crippen molar-refractivity contribution in [3.05, 3.63) is 58.0 Å². The maximum absolute atomic E-state index is 12.8. The van der Waals surface area contributed by atoms with Gasteiger partial charge in [-0.2, -0.15) is 0 Å². The number of carbonyl (C=O) groups is 1. The fourth-order valence-corrected chi connectivity index (χ4v) is 3.78. The third-order valence-electron chi connectivity index (χ3n) is 4.58. The topological polar surface area (TPSA) is 67.2 Å². The Bertz CT molecular complexity index is 988. The van der Waals surface area contributed by atoms with E-state index in [1.807, 2.05) is 24.3 Å². The highest BCUT2D eigenvalue weighted by Crippen LogP contribution is 2.21. The summed E-state index contributed by atoms with van der Waals surface area (Å²) in [6.45, 7) is 2.56. The van der Waals surface area contributed by atoms with Crippen LogP contribution in [-0.4, -0.2) is 53.5 Å². The standard InChI is InChI=1S/C18H18N4O3S/c1-25-14-4-2-13(3-5-14)20-6-8-21(9-7-20)16(23)15-12-19-18-22(17(15)24)10-11-26-18/h2-5,10-12H,6-9H2,1H3. The zero-order chi connectivity index (χ0) is 18.1. The van der Waals surface area contributed by atoms with Crippen molar-refractivity contribution < 1.29 is 9.53 Å². The van der Waals surface area contributed by atoms with Crippen molar-refractivity contribution in [3.8, 4) is 5.75 Å². The molecular weight excluding hydrogens is 352 g/mol. The number of nitrogens with zero attached hydrogens (tertiary/aromatic N) is 4. The molecule has 8 heteroatoms. The fourth-order valence-electron chi connectivity index (χ4n) is 3.10. The highest BCUT2D eigenvalue weighted by Gasteiger charge is 2.25. The predicted octanol–water partition coefficient (Wildman–Crippen LogP) is 1.73. The third kappa shape index (κ3) is 2.92. The van der Waals surface area contributed by atoms with E-state index in [0.717, 1.165) is 11.4 Å². The van der Waals surface area contributed by atoms with E-state index in [1.165, 1.54) is 21.9 Å². The van der Waals surface area contributed by atoms with Crippen LogP contribution in [0.4, 0.5) is 5.69 Å². The smallest absolute Gasteiger partial charge is 0.271 e. The van der Waals surface area contributed by atoms with Crippen molar-refractivity contribution in [3.63, 3.8) is 0 Å². The molecule has 0 saturated carbocycles. The van der Waals surface area contributed by atoms with E-state index in [2.05, 4.69) is 9.88 Å². The van der Waals surface area contributed by atoms with E-state index in [1.54, 1.807) is 23.6 Å². The zero-order valence-corrected chi connectivity index (χ0v) is 15.1. The van der Waals surface area contributed by atoms with Crippen molar-refractivity contribution in [2.45, 2.75) is 0 Å². The quantitative estimate of drug-likeness (QED) is 0.702. The van der Waals surface area contributed by atoms with Crippen molar-refractivity contribution in [2.24, 2.45) is 0 Å². The number of hydrogen-bond acceptors (Lipinski definition) is 6. The number of thiazole rings is 1. The molecule has 4 rings (SSSR count). The summed E-state index contributed by atoms with van der Waals surface area (Å²) in [6, 6.07) is 7.87. The van der Waals surface area contributed by atoms with Crippen molar-refractivity contribution >= 4 is 27.9 Å². The van der Waals surface area contributed by atoms with Gasteiger partial charge < -0.3 is 14.5 Å². The Labute approximate surface area is 154 Å². The van der Waals surface area contributed by atoms with Crippen LogP contribution in [0.5, 0.6) is 5.75 Å². The summed E-state index contributed by atoms with van der Waals surface area (Å²) in [6.07, 6.45) is 3.04. The Kier molecular flexibility index (Phi) is 4.34. The van der Waals surface area contributed by atoms with Gasteiger partial charge >= 0.3 is 0 Å². The minimum atomic E-state index is -0.307. The van der Waals surface area contributed by atoms with E-state index in [4.69, 9.17) is 4.74 Å². The normalized spacial score (nSPS) is 14.7. The monoisotopic (exact) mass is 370 g/mol. The molecule has 134 valence electrons. The molecule has 1 saturated heterocycles. The molecule has 0 aliphatic carbocycles. The molecule has 26 heavy (non-hydrogen) atoms. The molecule has 0 spiro atoms. The first-order chi connectivity index (χ1) is 12.7. The van der Waals surface area contributed by atoms with Gasteiger partial charge in [0, 0.05) is 49.6 Å². The molecule has 1 aliphatic heterocycles. The van der Waals surface area contributed by atoms with Gasteiger partial charge in [0.2, 0.25) is 0 Å². The average Bonchev–Trinajstić information content (AvgIpc) is 3.18. The largest absolute Gasteiger partial charge is 0.497 e. The lowest BCUT2D eigenvalue weighted by Gasteiger charge is -2.36. The number of fused-ring (bicyclic) bond motifs is 1. The van der Waals surface area contributed by atoms with Crippen LogP contribution in [0.3, 0.4) is 0 Å². The van der Waals surface area contributed by atoms with Gasteiger partial charge in [0.05, 0.1) is 7.11 Å². The Morgan fingerprint density at radius 2 is 1.88 bits per heavy atom. The number of aromatic nitrogens is 2. The number of methoxy groups -OCH3 is 1. The second-order valence-corrected chi connectivity index (χ2v) is 6.88. The summed E-state index contributed by atoms with van der Waals surface area (Å²) in [5, 5.41) is 1.78. The number of rotatable bonds is 3. The summed E-state index contributed by atoms with van der Waals surface area (Å²) in [5.41, 5.74) is 0.914. The first-order valence-electron chi connectivity index (χ1n) is 8.30. The van der Waals surface area contributed by atoms with Crippen LogP contribution < -0.4 is 15.2 Å². The molecule has 1 aromatic carbocycles. The molecule has 1 aliphatic rings. The van der Waals surface area contributed by atoms with E-state index < -0.39 is 0 Å². The molecule has 3 heterocycles. The van der Waals surface area contributed by atoms with Gasteiger partial charge in [0.25, 0.3) is 11.5 Å². The molecule has 0 atom stereocenters. The van der Waals surface area contributed by atoms with Crippen LogP contribution in [-0.2, 0) is 0 Å². The Hall–Kier alpha value is -2.87. The summed E-state index contributed by atoms with van der Waals surface area (Å²) in [5.74, 6) is 0.567. The third-order valence-corrected chi connectivity index (χ3v) is 5.35. The first-order valence-corrected chi connectivity index (χ1v) is 9.18. The maximum atomic E-state index is 12.8. The Morgan fingerprint density at radius 3 is 2.58 bits per heavy atom. The second-order valence-electron chi connectivity index (χ2n) is 6.01. The van der Waals surface area contributed by atoms with E-state index in [-0.39, 0.29) is 17.0 Å². The highest BCUT2D eigenvalue weighted by atomic mass is 32.1. The Morgan fingerprint density at radius 1 is 1.15 bits per heavy atom. The number of ether oxygens (including phenoxy) is 1. The lowest BCUT2D eigenvalue weighted by Crippen LogP contribution is -2.49. The van der Waals surface area contributed by atoms with Crippen LogP contribution in [0.15, 0.2) is 46.8 Å². The van der Waals surface area contributed by atoms with Crippen molar-refractivity contribution in [2.75, 3.05) is 38.2 Å². The lowest BCUT2D eigenvalue weighted by molar-refractivity contribution is 0.0744. The van der Waals surface area contributed by atoms with Gasteiger partial charge in [0.15, 0.2) is 4.96 Å². The van der Waals surface area contributed by atoms with Crippen LogP contribution in [0, 0.1) is 0 Å². The number of anilines is 1. The van der Waals surface area contributed by atoms with E-state index in [0.29, 0.717) is 31.1 Å². The van der Waals surface area contributed by atoms with Crippen LogP contribution in [0.25, 0.3) is 4.96 Å². The maximum Gasteiger partial charge on any atom is 0.271 e. The first kappa shape index (κ1) is 16.6. The molecule has 0 radical (unpaired) electrons. The summed E-state index contributed by atoms with van der Waals surface area (Å²) < 4.78 is 6.60. The SMILES string of the molecule is COc1ccc(N2CCN(C(=O)c3cnc4sccn4c3=O)CC2)cc1. The zero-order valence-electron chi connectivity index (χ0n) is 14.3. The molecule has 1 fully saturated rings. The number of hydrogen-bond donors (Lipinski definition) is 0. The van der Waals surface area contributed by atoms with Crippen LogP contribution >= 0.6 is 11.3 Å². The second kappa shape index (κ2) is 6.80. The average molecular weight is 370 g/mol. The van der Waals surface area contributed by atoms with Crippen LogP contribution in [0.1, 0.15) is 10.4 Å². The van der Waals surface area contributed by atoms with Gasteiger partial charge in [-0.25, -0.2) is 4.98 Å². The molecule has 1 amide bonds. The number of piperazine rings is 1. The van der Waals surface area contributed by atoms with Gasteiger partial charge in [-0.1, -0.05) is 0 Å². The Balaban J connectivity index is 1.47. The lowest BCUT2D eigenvalue weighted by atomic mass is 10.2. The minimum Gasteiger partial charge on any atom is -0.497 e. The molecular formula is C18H18N4O3S. The predicted molar refractivity (Wildman–Crippen MR) is 100 cm³/mol. The van der Waals surface area contributed by atoms with Gasteiger partial charge in [-0.3, -0.25) is 14.0 Å². The summed E-state index contributed by atoms with van der Waals surface area (Å²) in [7, 11) is 1.64. The molecule has 0 N–H and O–H groups in total. The van der Waals surface area contributed by atoms with E-state index in [9.17, 15) is 9.59 Å². The van der Waals surface area contributed by atoms with Crippen molar-refractivity contribution in [1.29, 1.82) is 0 Å². The number of benzene rings is 1. The number of amides is 1. The van der Waals surface area contributed by atoms with Gasteiger partial charge in [-0.15, -0.1) is 11.3 Å². The van der Waals surface area contributed by atoms with Crippen LogP contribution in [0.2, 0.25) is 0 Å². The number of carbonyl (C=O) groups excluding carboxylic acids is 1. The van der Waals surface area contributed by atoms with E-state index >= 15 is 0 Å². The molecule has 3 aromatic rings. The minimum absolute atomic E-state index is 0.124. The molecule has 0 unspecified atom stereocenters. The van der Waals surface area contributed by atoms with Gasteiger partial charge in [-0.05, 0) is 24.3 Å². The highest BCUT2D eigenvalue weighted by molar-refractivity contribution is 7.15.